The van der Waals surface area contributed by atoms with E-state index in [0.717, 1.165) is 0 Å². The second-order valence-corrected chi connectivity index (χ2v) is 2.43. The highest BCUT2D eigenvalue weighted by Crippen LogP contribution is 1.97. The minimum Gasteiger partial charge on any atom is -0.391 e. The standard InChI is InChI=1S/C7H15NO2/c1-6(8)3-4-7(9)5-10-2/h7-9H,3-5H2,1-2H3. The molecule has 60 valence electrons. The molecule has 0 amide bonds. The third-order valence-corrected chi connectivity index (χ3v) is 1.21. The highest BCUT2D eigenvalue weighted by atomic mass is 16.5. The van der Waals surface area contributed by atoms with E-state index >= 15 is 0 Å². The fourth-order valence-electron chi connectivity index (χ4n) is 0.659. The van der Waals surface area contributed by atoms with Gasteiger partial charge in [-0.3, -0.25) is 0 Å². The summed E-state index contributed by atoms with van der Waals surface area (Å²) in [6.45, 7) is 2.10. The number of rotatable bonds is 5. The Morgan fingerprint density at radius 2 is 2.30 bits per heavy atom. The van der Waals surface area contributed by atoms with Crippen molar-refractivity contribution in [1.82, 2.24) is 0 Å². The van der Waals surface area contributed by atoms with E-state index in [-0.39, 0.29) is 0 Å². The van der Waals surface area contributed by atoms with Gasteiger partial charge in [0.25, 0.3) is 0 Å². The summed E-state index contributed by atoms with van der Waals surface area (Å²) in [5.41, 5.74) is 0.607. The molecule has 0 aliphatic heterocycles. The van der Waals surface area contributed by atoms with Crippen LogP contribution in [-0.2, 0) is 4.74 Å². The van der Waals surface area contributed by atoms with Crippen molar-refractivity contribution in [2.24, 2.45) is 0 Å². The summed E-state index contributed by atoms with van der Waals surface area (Å²) >= 11 is 0. The number of aliphatic hydroxyl groups excluding tert-OH is 1. The van der Waals surface area contributed by atoms with Gasteiger partial charge in [-0.2, -0.15) is 0 Å². The van der Waals surface area contributed by atoms with E-state index in [1.54, 1.807) is 14.0 Å². The lowest BCUT2D eigenvalue weighted by atomic mass is 10.1. The fourth-order valence-corrected chi connectivity index (χ4v) is 0.659. The van der Waals surface area contributed by atoms with Gasteiger partial charge in [0.1, 0.15) is 0 Å². The van der Waals surface area contributed by atoms with E-state index in [1.165, 1.54) is 0 Å². The Bertz CT molecular complexity index is 104. The van der Waals surface area contributed by atoms with Gasteiger partial charge >= 0.3 is 0 Å². The predicted molar refractivity (Wildman–Crippen MR) is 40.5 cm³/mol. The highest BCUT2D eigenvalue weighted by molar-refractivity contribution is 5.78. The molecule has 0 saturated heterocycles. The zero-order chi connectivity index (χ0) is 7.98. The molecule has 2 N–H and O–H groups in total. The van der Waals surface area contributed by atoms with Crippen LogP contribution in [0.3, 0.4) is 0 Å². The van der Waals surface area contributed by atoms with E-state index in [4.69, 9.17) is 15.3 Å². The summed E-state index contributed by atoms with van der Waals surface area (Å²) < 4.78 is 4.72. The number of ether oxygens (including phenoxy) is 1. The molecular formula is C7H15NO2. The molecule has 0 aromatic rings. The van der Waals surface area contributed by atoms with Gasteiger partial charge in [0.15, 0.2) is 0 Å². The SMILES string of the molecule is COCC(O)CCC(C)=N. The Balaban J connectivity index is 3.21. The van der Waals surface area contributed by atoms with Crippen LogP contribution < -0.4 is 0 Å². The van der Waals surface area contributed by atoms with E-state index in [2.05, 4.69) is 0 Å². The minimum absolute atomic E-state index is 0.368. The molecule has 0 radical (unpaired) electrons. The van der Waals surface area contributed by atoms with Crippen molar-refractivity contribution in [2.45, 2.75) is 25.9 Å². The first kappa shape index (κ1) is 9.59. The Morgan fingerprint density at radius 3 is 2.70 bits per heavy atom. The maximum atomic E-state index is 9.08. The first-order valence-corrected chi connectivity index (χ1v) is 3.38. The summed E-state index contributed by atoms with van der Waals surface area (Å²) in [6.07, 6.45) is 0.874. The number of hydrogen-bond acceptors (Lipinski definition) is 3. The molecule has 0 bridgehead atoms. The third-order valence-electron chi connectivity index (χ3n) is 1.21. The van der Waals surface area contributed by atoms with E-state index < -0.39 is 6.10 Å². The lowest BCUT2D eigenvalue weighted by Crippen LogP contribution is -2.14. The smallest absolute Gasteiger partial charge is 0.0777 e. The van der Waals surface area contributed by atoms with Gasteiger partial charge in [0, 0.05) is 12.8 Å². The van der Waals surface area contributed by atoms with Crippen LogP contribution in [-0.4, -0.2) is 30.6 Å². The Morgan fingerprint density at radius 1 is 1.70 bits per heavy atom. The molecule has 1 unspecified atom stereocenters. The third kappa shape index (κ3) is 5.72. The Hall–Kier alpha value is -0.410. The fraction of sp³-hybridized carbons (Fsp3) is 0.857. The van der Waals surface area contributed by atoms with Crippen molar-refractivity contribution in [3.05, 3.63) is 0 Å². The van der Waals surface area contributed by atoms with Crippen LogP contribution in [0.1, 0.15) is 19.8 Å². The summed E-state index contributed by atoms with van der Waals surface area (Å²) in [4.78, 5) is 0. The van der Waals surface area contributed by atoms with Gasteiger partial charge in [0.05, 0.1) is 12.7 Å². The first-order valence-electron chi connectivity index (χ1n) is 3.38. The minimum atomic E-state index is -0.412. The summed E-state index contributed by atoms with van der Waals surface area (Å²) in [7, 11) is 1.56. The van der Waals surface area contributed by atoms with Crippen LogP contribution >= 0.6 is 0 Å². The normalized spacial score (nSPS) is 13.1. The van der Waals surface area contributed by atoms with Gasteiger partial charge in [0.2, 0.25) is 0 Å². The maximum Gasteiger partial charge on any atom is 0.0777 e. The quantitative estimate of drug-likeness (QED) is 0.562. The molecule has 0 aliphatic rings. The lowest BCUT2D eigenvalue weighted by Gasteiger charge is -2.07. The monoisotopic (exact) mass is 145 g/mol. The van der Waals surface area contributed by atoms with Gasteiger partial charge < -0.3 is 15.3 Å². The predicted octanol–water partition coefficient (Wildman–Crippen LogP) is 0.814. The molecular weight excluding hydrogens is 130 g/mol. The van der Waals surface area contributed by atoms with Crippen LogP contribution in [0.5, 0.6) is 0 Å². The van der Waals surface area contributed by atoms with Crippen molar-refractivity contribution < 1.29 is 9.84 Å². The Kier molecular flexibility index (Phi) is 5.16. The molecule has 0 rings (SSSR count). The van der Waals surface area contributed by atoms with E-state index in [0.29, 0.717) is 25.2 Å². The molecule has 0 fully saturated rings. The molecule has 0 aromatic heterocycles. The molecule has 0 aliphatic carbocycles. The molecule has 1 atom stereocenters. The van der Waals surface area contributed by atoms with Crippen LogP contribution in [0.4, 0.5) is 0 Å². The van der Waals surface area contributed by atoms with Crippen LogP contribution in [0.2, 0.25) is 0 Å². The highest BCUT2D eigenvalue weighted by Gasteiger charge is 2.02. The second kappa shape index (κ2) is 5.38. The molecule has 0 spiro atoms. The molecule has 0 saturated carbocycles. The topological polar surface area (TPSA) is 53.3 Å². The van der Waals surface area contributed by atoms with Crippen LogP contribution in [0.25, 0.3) is 0 Å². The molecule has 3 heteroatoms. The molecule has 0 aromatic carbocycles. The van der Waals surface area contributed by atoms with Crippen molar-refractivity contribution in [3.63, 3.8) is 0 Å². The van der Waals surface area contributed by atoms with Crippen molar-refractivity contribution in [1.29, 1.82) is 5.41 Å². The average Bonchev–Trinajstić information content (AvgIpc) is 1.85. The summed E-state index contributed by atoms with van der Waals surface area (Å²) in [5.74, 6) is 0. The number of nitrogens with one attached hydrogen (secondary N) is 1. The van der Waals surface area contributed by atoms with Crippen molar-refractivity contribution >= 4 is 5.71 Å². The zero-order valence-electron chi connectivity index (χ0n) is 6.55. The summed E-state index contributed by atoms with van der Waals surface area (Å²) in [5, 5.41) is 16.1. The van der Waals surface area contributed by atoms with Gasteiger partial charge in [-0.1, -0.05) is 0 Å². The van der Waals surface area contributed by atoms with Crippen molar-refractivity contribution in [3.8, 4) is 0 Å². The molecule has 10 heavy (non-hydrogen) atoms. The molecule has 3 nitrogen and oxygen atoms in total. The van der Waals surface area contributed by atoms with Crippen LogP contribution in [0, 0.1) is 5.41 Å². The number of aliphatic hydroxyl groups is 1. The Labute approximate surface area is 61.5 Å². The first-order chi connectivity index (χ1) is 4.66. The number of hydrogen-bond donors (Lipinski definition) is 2. The number of methoxy groups -OCH3 is 1. The van der Waals surface area contributed by atoms with E-state index in [9.17, 15) is 0 Å². The van der Waals surface area contributed by atoms with Gasteiger partial charge in [-0.15, -0.1) is 0 Å². The zero-order valence-corrected chi connectivity index (χ0v) is 6.55. The van der Waals surface area contributed by atoms with Gasteiger partial charge in [-0.25, -0.2) is 0 Å². The maximum absolute atomic E-state index is 9.08. The van der Waals surface area contributed by atoms with Crippen LogP contribution in [0.15, 0.2) is 0 Å². The second-order valence-electron chi connectivity index (χ2n) is 2.43. The average molecular weight is 145 g/mol. The van der Waals surface area contributed by atoms with E-state index in [1.807, 2.05) is 0 Å². The largest absolute Gasteiger partial charge is 0.391 e. The lowest BCUT2D eigenvalue weighted by molar-refractivity contribution is 0.0606. The van der Waals surface area contributed by atoms with Crippen molar-refractivity contribution in [2.75, 3.05) is 13.7 Å². The summed E-state index contributed by atoms with van der Waals surface area (Å²) in [6, 6.07) is 0. The van der Waals surface area contributed by atoms with Gasteiger partial charge in [-0.05, 0) is 19.8 Å². The molecule has 0 heterocycles.